The summed E-state index contributed by atoms with van der Waals surface area (Å²) in [5.41, 5.74) is 0. The number of fused-ring (bicyclic) bond motifs is 1. The van der Waals surface area contributed by atoms with Crippen molar-refractivity contribution in [2.24, 2.45) is 5.92 Å². The molecule has 0 saturated carbocycles. The molecule has 1 N–H and O–H groups in total. The molecule has 1 fully saturated rings. The molecule has 0 amide bonds. The molecule has 1 heterocycles. The van der Waals surface area contributed by atoms with E-state index in [-0.39, 0.29) is 12.0 Å². The van der Waals surface area contributed by atoms with Gasteiger partial charge in [-0.1, -0.05) is 30.7 Å². The largest absolute Gasteiger partial charge is 0.392 e. The Kier molecular flexibility index (Phi) is 2.72. The van der Waals surface area contributed by atoms with Crippen molar-refractivity contribution in [3.05, 3.63) is 23.3 Å². The van der Waals surface area contributed by atoms with Crippen molar-refractivity contribution in [2.45, 2.75) is 29.9 Å². The second kappa shape index (κ2) is 3.68. The van der Waals surface area contributed by atoms with Crippen LogP contribution in [-0.2, 0) is 0 Å². The summed E-state index contributed by atoms with van der Waals surface area (Å²) in [7, 11) is 0. The number of hydrogen-bond donors (Lipinski definition) is 1. The van der Waals surface area contributed by atoms with Crippen LogP contribution in [0.4, 0.5) is 0 Å². The van der Waals surface area contributed by atoms with Crippen LogP contribution < -0.4 is 0 Å². The van der Waals surface area contributed by atoms with E-state index in [9.17, 15) is 5.11 Å². The highest BCUT2D eigenvalue weighted by Gasteiger charge is 2.34. The topological polar surface area (TPSA) is 20.2 Å². The van der Waals surface area contributed by atoms with Crippen molar-refractivity contribution in [3.8, 4) is 0 Å². The third-order valence-corrected chi connectivity index (χ3v) is 4.28. The third kappa shape index (κ3) is 1.95. The summed E-state index contributed by atoms with van der Waals surface area (Å²) in [5, 5.41) is 11.6. The standard InChI is InChI=1S/C10H13ClOS/c1-6-4-9(12)8-5-7(11)2-3-10(8)13-6/h2-3,5-6,8-10,12H,4H2,1H3/t6-,8+,9+,10+/m1/s1. The molecule has 72 valence electrons. The van der Waals surface area contributed by atoms with Crippen molar-refractivity contribution in [1.82, 2.24) is 0 Å². The van der Waals surface area contributed by atoms with Crippen molar-refractivity contribution in [2.75, 3.05) is 0 Å². The zero-order valence-corrected chi connectivity index (χ0v) is 9.05. The molecule has 4 atom stereocenters. The minimum atomic E-state index is -0.222. The smallest absolute Gasteiger partial charge is 0.0627 e. The highest BCUT2D eigenvalue weighted by atomic mass is 35.5. The molecular formula is C10H13ClOS. The fraction of sp³-hybridized carbons (Fsp3) is 0.600. The first kappa shape index (κ1) is 9.63. The molecule has 0 aromatic heterocycles. The lowest BCUT2D eigenvalue weighted by molar-refractivity contribution is 0.118. The van der Waals surface area contributed by atoms with E-state index in [1.807, 2.05) is 23.9 Å². The second-order valence-electron chi connectivity index (χ2n) is 3.70. The molecular weight excluding hydrogens is 204 g/mol. The molecule has 1 nitrogen and oxygen atoms in total. The zero-order valence-electron chi connectivity index (χ0n) is 7.48. The van der Waals surface area contributed by atoms with Gasteiger partial charge in [0.05, 0.1) is 6.10 Å². The lowest BCUT2D eigenvalue weighted by Gasteiger charge is -2.36. The molecule has 13 heavy (non-hydrogen) atoms. The molecule has 2 aliphatic rings. The molecule has 0 bridgehead atoms. The van der Waals surface area contributed by atoms with Crippen LogP contribution in [0.25, 0.3) is 0 Å². The summed E-state index contributed by atoms with van der Waals surface area (Å²) in [4.78, 5) is 0. The second-order valence-corrected chi connectivity index (χ2v) is 5.76. The van der Waals surface area contributed by atoms with Gasteiger partial charge in [0.1, 0.15) is 0 Å². The summed E-state index contributed by atoms with van der Waals surface area (Å²) in [6, 6.07) is 0. The fourth-order valence-corrected chi connectivity index (χ4v) is 3.61. The number of aliphatic hydroxyl groups is 1. The maximum Gasteiger partial charge on any atom is 0.0627 e. The van der Waals surface area contributed by atoms with Gasteiger partial charge in [-0.15, -0.1) is 0 Å². The van der Waals surface area contributed by atoms with Gasteiger partial charge in [0.2, 0.25) is 0 Å². The summed E-state index contributed by atoms with van der Waals surface area (Å²) >= 11 is 7.82. The summed E-state index contributed by atoms with van der Waals surface area (Å²) in [6.45, 7) is 2.16. The monoisotopic (exact) mass is 216 g/mol. The molecule has 1 aliphatic carbocycles. The van der Waals surface area contributed by atoms with Gasteiger partial charge in [0, 0.05) is 21.5 Å². The SMILES string of the molecule is C[C@@H]1C[C@H](O)[C@@H]2C=C(Cl)C=C[C@@H]2S1. The van der Waals surface area contributed by atoms with Gasteiger partial charge in [-0.25, -0.2) is 0 Å². The first-order valence-corrected chi connectivity index (χ1v) is 5.88. The Morgan fingerprint density at radius 2 is 2.38 bits per heavy atom. The van der Waals surface area contributed by atoms with Crippen LogP contribution in [0.2, 0.25) is 0 Å². The van der Waals surface area contributed by atoms with Crippen LogP contribution in [0, 0.1) is 5.92 Å². The maximum absolute atomic E-state index is 9.84. The first-order valence-electron chi connectivity index (χ1n) is 4.56. The Bertz CT molecular complexity index is 262. The van der Waals surface area contributed by atoms with Gasteiger partial charge >= 0.3 is 0 Å². The number of halogens is 1. The van der Waals surface area contributed by atoms with Crippen LogP contribution >= 0.6 is 23.4 Å². The van der Waals surface area contributed by atoms with Crippen molar-refractivity contribution in [1.29, 1.82) is 0 Å². The van der Waals surface area contributed by atoms with Crippen molar-refractivity contribution in [3.63, 3.8) is 0 Å². The van der Waals surface area contributed by atoms with Gasteiger partial charge < -0.3 is 5.11 Å². The van der Waals surface area contributed by atoms with E-state index in [1.54, 1.807) is 0 Å². The van der Waals surface area contributed by atoms with E-state index >= 15 is 0 Å². The van der Waals surface area contributed by atoms with Crippen LogP contribution in [0.1, 0.15) is 13.3 Å². The molecule has 0 radical (unpaired) electrons. The molecule has 2 rings (SSSR count). The minimum Gasteiger partial charge on any atom is -0.392 e. The normalized spacial score (nSPS) is 44.1. The molecule has 1 aliphatic heterocycles. The Morgan fingerprint density at radius 3 is 3.15 bits per heavy atom. The third-order valence-electron chi connectivity index (χ3n) is 2.58. The Hall–Kier alpha value is 0.0800. The average molecular weight is 217 g/mol. The van der Waals surface area contributed by atoms with Gasteiger partial charge in [-0.05, 0) is 12.5 Å². The van der Waals surface area contributed by atoms with E-state index in [0.29, 0.717) is 10.5 Å². The fourth-order valence-electron chi connectivity index (χ4n) is 1.94. The maximum atomic E-state index is 9.84. The van der Waals surface area contributed by atoms with Crippen molar-refractivity contribution >= 4 is 23.4 Å². The van der Waals surface area contributed by atoms with Crippen LogP contribution in [0.5, 0.6) is 0 Å². The summed E-state index contributed by atoms with van der Waals surface area (Å²) in [6.07, 6.45) is 6.67. The highest BCUT2D eigenvalue weighted by Crippen LogP contribution is 2.40. The summed E-state index contributed by atoms with van der Waals surface area (Å²) < 4.78 is 0. The molecule has 1 saturated heterocycles. The number of allylic oxidation sites excluding steroid dienone is 2. The average Bonchev–Trinajstić information content (AvgIpc) is 2.06. The van der Waals surface area contributed by atoms with Crippen LogP contribution in [-0.4, -0.2) is 21.7 Å². The van der Waals surface area contributed by atoms with E-state index in [0.717, 1.165) is 11.5 Å². The van der Waals surface area contributed by atoms with E-state index in [2.05, 4.69) is 13.0 Å². The molecule has 0 aromatic rings. The summed E-state index contributed by atoms with van der Waals surface area (Å²) in [5.74, 6) is 0.221. The number of rotatable bonds is 0. The van der Waals surface area contributed by atoms with Gasteiger partial charge in [0.15, 0.2) is 0 Å². The predicted molar refractivity (Wildman–Crippen MR) is 58.0 cm³/mol. The van der Waals surface area contributed by atoms with Crippen LogP contribution in [0.3, 0.4) is 0 Å². The van der Waals surface area contributed by atoms with Gasteiger partial charge in [-0.2, -0.15) is 11.8 Å². The van der Waals surface area contributed by atoms with Crippen LogP contribution in [0.15, 0.2) is 23.3 Å². The predicted octanol–water partition coefficient (Wildman–Crippen LogP) is 2.55. The molecule has 0 aromatic carbocycles. The Labute approximate surface area is 87.9 Å². The lowest BCUT2D eigenvalue weighted by atomic mass is 9.91. The number of hydrogen-bond acceptors (Lipinski definition) is 2. The number of thioether (sulfide) groups is 1. The molecule has 0 spiro atoms. The number of aliphatic hydroxyl groups excluding tert-OH is 1. The van der Waals surface area contributed by atoms with Gasteiger partial charge in [0.25, 0.3) is 0 Å². The van der Waals surface area contributed by atoms with Gasteiger partial charge in [-0.3, -0.25) is 0 Å². The lowest BCUT2D eigenvalue weighted by Crippen LogP contribution is -2.36. The minimum absolute atomic E-state index is 0.221. The van der Waals surface area contributed by atoms with E-state index in [4.69, 9.17) is 11.6 Å². The molecule has 3 heteroatoms. The molecule has 0 unspecified atom stereocenters. The van der Waals surface area contributed by atoms with Crippen molar-refractivity contribution < 1.29 is 5.11 Å². The Morgan fingerprint density at radius 1 is 1.62 bits per heavy atom. The zero-order chi connectivity index (χ0) is 9.42. The Balaban J connectivity index is 2.17. The van der Waals surface area contributed by atoms with E-state index < -0.39 is 0 Å². The van der Waals surface area contributed by atoms with E-state index in [1.165, 1.54) is 0 Å². The quantitative estimate of drug-likeness (QED) is 0.672. The first-order chi connectivity index (χ1) is 6.16. The highest BCUT2D eigenvalue weighted by molar-refractivity contribution is 8.00.